The molecule has 4 nitrogen and oxygen atoms in total. The van der Waals surface area contributed by atoms with E-state index in [1.54, 1.807) is 18.2 Å². The van der Waals surface area contributed by atoms with Crippen LogP contribution in [0.4, 0.5) is 11.4 Å². The molecule has 1 unspecified atom stereocenters. The van der Waals surface area contributed by atoms with Gasteiger partial charge < -0.3 is 15.5 Å². The van der Waals surface area contributed by atoms with Crippen LogP contribution in [0.15, 0.2) is 35.0 Å². The second-order valence-electron chi connectivity index (χ2n) is 4.18. The molecule has 0 amide bonds. The lowest BCUT2D eigenvalue weighted by Crippen LogP contribution is -2.45. The van der Waals surface area contributed by atoms with Gasteiger partial charge >= 0.3 is 0 Å². The van der Waals surface area contributed by atoms with Gasteiger partial charge in [-0.25, -0.2) is 4.99 Å². The van der Waals surface area contributed by atoms with Gasteiger partial charge in [0.05, 0.1) is 5.69 Å². The molecule has 1 aromatic rings. The Morgan fingerprint density at radius 1 is 1.35 bits per heavy atom. The molecule has 4 heteroatoms. The van der Waals surface area contributed by atoms with Gasteiger partial charge in [0.15, 0.2) is 0 Å². The van der Waals surface area contributed by atoms with E-state index in [1.807, 2.05) is 6.92 Å². The van der Waals surface area contributed by atoms with Crippen molar-refractivity contribution in [2.75, 3.05) is 5.32 Å². The number of nitrogens with one attached hydrogen (secondary N) is 1. The summed E-state index contributed by atoms with van der Waals surface area (Å²) in [6.45, 7) is 1.82. The van der Waals surface area contributed by atoms with Crippen LogP contribution < -0.4 is 5.32 Å². The number of allylic oxidation sites excluding steroid dienone is 1. The maximum absolute atomic E-state index is 9.79. The molecule has 0 spiro atoms. The van der Waals surface area contributed by atoms with Crippen LogP contribution in [0.1, 0.15) is 6.92 Å². The molecule has 0 saturated heterocycles. The van der Waals surface area contributed by atoms with Gasteiger partial charge in [0.25, 0.3) is 0 Å². The van der Waals surface area contributed by atoms with Crippen LogP contribution in [-0.2, 0) is 0 Å². The van der Waals surface area contributed by atoms with E-state index in [9.17, 15) is 10.2 Å². The fourth-order valence-corrected chi connectivity index (χ4v) is 2.01. The minimum atomic E-state index is -0.759. The van der Waals surface area contributed by atoms with Crippen LogP contribution in [0, 0.1) is 11.8 Å². The van der Waals surface area contributed by atoms with Gasteiger partial charge in [-0.1, -0.05) is 17.9 Å². The first-order valence-corrected chi connectivity index (χ1v) is 5.22. The molecule has 0 radical (unpaired) electrons. The summed E-state index contributed by atoms with van der Waals surface area (Å²) in [5, 5.41) is 22.7. The standard InChI is InChI=1S/C13H10N2O2/c1-13-7-3-6-10(17)12(13)14-8-4-2-5-9(16)11(8)15-13/h2,4-6,15-17H,1H3. The summed E-state index contributed by atoms with van der Waals surface area (Å²) >= 11 is 0. The highest BCUT2D eigenvalue weighted by molar-refractivity contribution is 6.14. The van der Waals surface area contributed by atoms with E-state index in [1.165, 1.54) is 6.08 Å². The maximum atomic E-state index is 9.79. The molecule has 1 heterocycles. The number of phenols is 1. The van der Waals surface area contributed by atoms with Gasteiger partial charge in [-0.3, -0.25) is 0 Å². The maximum Gasteiger partial charge on any atom is 0.148 e. The highest BCUT2D eigenvalue weighted by atomic mass is 16.3. The van der Waals surface area contributed by atoms with Crippen LogP contribution >= 0.6 is 0 Å². The van der Waals surface area contributed by atoms with Crippen molar-refractivity contribution in [1.29, 1.82) is 0 Å². The number of nitrogens with zero attached hydrogens (tertiary/aromatic N) is 1. The number of hydrogen-bond donors (Lipinski definition) is 3. The van der Waals surface area contributed by atoms with E-state index in [2.05, 4.69) is 22.2 Å². The molecule has 1 aliphatic carbocycles. The molecule has 1 aromatic carbocycles. The van der Waals surface area contributed by atoms with E-state index in [0.29, 0.717) is 17.1 Å². The largest absolute Gasteiger partial charge is 0.506 e. The van der Waals surface area contributed by atoms with E-state index in [0.717, 1.165) is 0 Å². The number of rotatable bonds is 0. The molecular weight excluding hydrogens is 216 g/mol. The SMILES string of the molecule is CC12C#CC=C(O)C1=Nc1cccc(O)c1N2. The average Bonchev–Trinajstić information content (AvgIpc) is 2.29. The molecular formula is C13H10N2O2. The molecule has 17 heavy (non-hydrogen) atoms. The third kappa shape index (κ3) is 1.29. The van der Waals surface area contributed by atoms with Crippen molar-refractivity contribution in [1.82, 2.24) is 0 Å². The lowest BCUT2D eigenvalue weighted by atomic mass is 9.89. The number of fused-ring (bicyclic) bond motifs is 2. The summed E-state index contributed by atoms with van der Waals surface area (Å²) < 4.78 is 0. The van der Waals surface area contributed by atoms with E-state index >= 15 is 0 Å². The fraction of sp³-hybridized carbons (Fsp3) is 0.154. The normalized spacial score (nSPS) is 24.3. The number of benzene rings is 1. The van der Waals surface area contributed by atoms with Crippen molar-refractivity contribution in [3.05, 3.63) is 30.0 Å². The second kappa shape index (κ2) is 3.05. The highest BCUT2D eigenvalue weighted by Crippen LogP contribution is 2.41. The quantitative estimate of drug-likeness (QED) is 0.469. The number of aliphatic imine (C=N–C) groups is 1. The van der Waals surface area contributed by atoms with Crippen molar-refractivity contribution < 1.29 is 10.2 Å². The van der Waals surface area contributed by atoms with Crippen molar-refractivity contribution in [2.24, 2.45) is 4.99 Å². The fourth-order valence-electron chi connectivity index (χ4n) is 2.01. The zero-order valence-corrected chi connectivity index (χ0v) is 9.15. The first-order valence-electron chi connectivity index (χ1n) is 5.22. The van der Waals surface area contributed by atoms with Gasteiger partial charge in [0.1, 0.15) is 28.4 Å². The van der Waals surface area contributed by atoms with Crippen molar-refractivity contribution in [3.63, 3.8) is 0 Å². The Bertz CT molecular complexity index is 635. The van der Waals surface area contributed by atoms with Crippen molar-refractivity contribution >= 4 is 17.1 Å². The minimum absolute atomic E-state index is 0.0627. The monoisotopic (exact) mass is 226 g/mol. The third-order valence-corrected chi connectivity index (χ3v) is 2.88. The summed E-state index contributed by atoms with van der Waals surface area (Å²) in [7, 11) is 0. The molecule has 2 aliphatic rings. The first-order chi connectivity index (χ1) is 8.10. The molecule has 0 saturated carbocycles. The zero-order chi connectivity index (χ0) is 12.0. The molecule has 0 fully saturated rings. The lowest BCUT2D eigenvalue weighted by Gasteiger charge is -2.33. The Balaban J connectivity index is 2.26. The summed E-state index contributed by atoms with van der Waals surface area (Å²) in [6.07, 6.45) is 1.43. The minimum Gasteiger partial charge on any atom is -0.506 e. The van der Waals surface area contributed by atoms with Crippen LogP contribution in [0.5, 0.6) is 5.75 Å². The van der Waals surface area contributed by atoms with Gasteiger partial charge in [-0.15, -0.1) is 0 Å². The topological polar surface area (TPSA) is 64.9 Å². The van der Waals surface area contributed by atoms with Crippen molar-refractivity contribution in [3.8, 4) is 17.6 Å². The number of anilines is 1. The summed E-state index contributed by atoms with van der Waals surface area (Å²) in [5.41, 5.74) is 0.864. The number of para-hydroxylation sites is 1. The second-order valence-corrected chi connectivity index (χ2v) is 4.18. The molecule has 1 atom stereocenters. The molecule has 3 rings (SSSR count). The van der Waals surface area contributed by atoms with Crippen molar-refractivity contribution in [2.45, 2.75) is 12.5 Å². The number of hydrogen-bond acceptors (Lipinski definition) is 4. The van der Waals surface area contributed by atoms with Crippen LogP contribution in [-0.4, -0.2) is 21.5 Å². The smallest absolute Gasteiger partial charge is 0.148 e. The predicted molar refractivity (Wildman–Crippen MR) is 65.7 cm³/mol. The average molecular weight is 226 g/mol. The lowest BCUT2D eigenvalue weighted by molar-refractivity contribution is 0.437. The number of aliphatic hydroxyl groups is 1. The molecule has 0 aromatic heterocycles. The van der Waals surface area contributed by atoms with Crippen LogP contribution in [0.3, 0.4) is 0 Å². The Morgan fingerprint density at radius 2 is 2.18 bits per heavy atom. The molecule has 0 bridgehead atoms. The third-order valence-electron chi connectivity index (χ3n) is 2.88. The Labute approximate surface area is 98.3 Å². The Kier molecular flexibility index (Phi) is 1.75. The van der Waals surface area contributed by atoms with Gasteiger partial charge in [-0.05, 0) is 19.1 Å². The summed E-state index contributed by atoms with van der Waals surface area (Å²) in [4.78, 5) is 4.35. The Morgan fingerprint density at radius 3 is 3.00 bits per heavy atom. The summed E-state index contributed by atoms with van der Waals surface area (Å²) in [5.74, 6) is 5.88. The zero-order valence-electron chi connectivity index (χ0n) is 9.15. The van der Waals surface area contributed by atoms with E-state index in [-0.39, 0.29) is 11.5 Å². The highest BCUT2D eigenvalue weighted by Gasteiger charge is 2.37. The molecule has 84 valence electrons. The Hall–Kier alpha value is -2.41. The van der Waals surface area contributed by atoms with Gasteiger partial charge in [0, 0.05) is 6.08 Å². The predicted octanol–water partition coefficient (Wildman–Crippen LogP) is 2.11. The number of aromatic hydroxyl groups is 1. The molecule has 1 aliphatic heterocycles. The number of phenolic OH excluding ortho intramolecular Hbond substituents is 1. The van der Waals surface area contributed by atoms with Gasteiger partial charge in [-0.2, -0.15) is 0 Å². The van der Waals surface area contributed by atoms with Crippen LogP contribution in [0.25, 0.3) is 0 Å². The van der Waals surface area contributed by atoms with Gasteiger partial charge in [0.2, 0.25) is 0 Å². The van der Waals surface area contributed by atoms with E-state index in [4.69, 9.17) is 0 Å². The van der Waals surface area contributed by atoms with E-state index < -0.39 is 5.54 Å². The number of aliphatic hydroxyl groups excluding tert-OH is 1. The molecule has 3 N–H and O–H groups in total. The summed E-state index contributed by atoms with van der Waals surface area (Å²) in [6, 6.07) is 5.06. The van der Waals surface area contributed by atoms with Crippen LogP contribution in [0.2, 0.25) is 0 Å². The first kappa shape index (κ1) is 9.79.